The second-order valence-electron chi connectivity index (χ2n) is 7.78. The number of fused-ring (bicyclic) bond motifs is 1. The summed E-state index contributed by atoms with van der Waals surface area (Å²) in [5.41, 5.74) is 1.35. The smallest absolute Gasteiger partial charge is 0.158 e. The molecule has 3 unspecified atom stereocenters. The molecule has 2 aliphatic rings. The average Bonchev–Trinajstić information content (AvgIpc) is 2.40. The molecule has 0 amide bonds. The summed E-state index contributed by atoms with van der Waals surface area (Å²) in [5.74, 6) is 2.82. The lowest BCUT2D eigenvalue weighted by atomic mass is 9.58. The van der Waals surface area contributed by atoms with E-state index < -0.39 is 0 Å². The predicted octanol–water partition coefficient (Wildman–Crippen LogP) is 5.54. The molecule has 20 heavy (non-hydrogen) atoms. The molecule has 0 N–H and O–H groups in total. The highest BCUT2D eigenvalue weighted by Gasteiger charge is 2.41. The molecule has 1 heteroatoms. The summed E-state index contributed by atoms with van der Waals surface area (Å²) in [6.07, 6.45) is 10.6. The zero-order valence-electron chi connectivity index (χ0n) is 13.7. The summed E-state index contributed by atoms with van der Waals surface area (Å²) in [7, 11) is 0. The third-order valence-electron chi connectivity index (χ3n) is 6.14. The fourth-order valence-corrected chi connectivity index (χ4v) is 4.81. The van der Waals surface area contributed by atoms with Crippen molar-refractivity contribution in [1.82, 2.24) is 0 Å². The number of Topliss-reactive ketones (excluding diaryl/α,β-unsaturated/α-hetero) is 1. The van der Waals surface area contributed by atoms with Crippen molar-refractivity contribution in [3.63, 3.8) is 0 Å². The summed E-state index contributed by atoms with van der Waals surface area (Å²) in [6.45, 7) is 11.3. The van der Waals surface area contributed by atoms with Gasteiger partial charge in [0.2, 0.25) is 0 Å². The first-order chi connectivity index (χ1) is 9.45. The molecule has 3 atom stereocenters. The number of hydrogen-bond acceptors (Lipinski definition) is 1. The van der Waals surface area contributed by atoms with E-state index in [0.717, 1.165) is 42.6 Å². The van der Waals surface area contributed by atoms with E-state index in [4.69, 9.17) is 0 Å². The topological polar surface area (TPSA) is 17.1 Å². The highest BCUT2D eigenvalue weighted by molar-refractivity contribution is 5.94. The second kappa shape index (κ2) is 6.45. The van der Waals surface area contributed by atoms with Crippen LogP contribution in [-0.2, 0) is 4.79 Å². The molecule has 2 aliphatic carbocycles. The Hall–Kier alpha value is -0.590. The average molecular weight is 276 g/mol. The van der Waals surface area contributed by atoms with Crippen LogP contribution in [-0.4, -0.2) is 5.78 Å². The highest BCUT2D eigenvalue weighted by atomic mass is 16.1. The van der Waals surface area contributed by atoms with Gasteiger partial charge in [0.05, 0.1) is 0 Å². The van der Waals surface area contributed by atoms with Gasteiger partial charge in [-0.15, -0.1) is 0 Å². The van der Waals surface area contributed by atoms with Crippen molar-refractivity contribution >= 4 is 5.78 Å². The first kappa shape index (κ1) is 15.8. The molecular formula is C19H32O. The van der Waals surface area contributed by atoms with E-state index in [1.54, 1.807) is 0 Å². The maximum absolute atomic E-state index is 12.0. The Bertz CT molecular complexity index is 366. The SMILES string of the molecule is C=C1CCC(CC)C2CCCC(C)(C)C2CCCC1=O. The normalized spacial score (nSPS) is 35.5. The maximum atomic E-state index is 12.0. The van der Waals surface area contributed by atoms with E-state index in [2.05, 4.69) is 27.4 Å². The van der Waals surface area contributed by atoms with Crippen molar-refractivity contribution in [3.8, 4) is 0 Å². The van der Waals surface area contributed by atoms with Crippen molar-refractivity contribution in [2.24, 2.45) is 23.2 Å². The molecule has 114 valence electrons. The number of ketones is 1. The molecule has 0 heterocycles. The fraction of sp³-hybridized carbons (Fsp3) is 0.842. The van der Waals surface area contributed by atoms with Crippen LogP contribution >= 0.6 is 0 Å². The Balaban J connectivity index is 2.20. The predicted molar refractivity (Wildman–Crippen MR) is 85.6 cm³/mol. The van der Waals surface area contributed by atoms with Crippen LogP contribution in [0.15, 0.2) is 12.2 Å². The molecule has 2 saturated carbocycles. The van der Waals surface area contributed by atoms with Gasteiger partial charge >= 0.3 is 0 Å². The molecule has 2 fully saturated rings. The number of carbonyl (C=O) groups is 1. The Morgan fingerprint density at radius 1 is 1.15 bits per heavy atom. The van der Waals surface area contributed by atoms with E-state index in [1.165, 1.54) is 38.5 Å². The molecule has 0 radical (unpaired) electrons. The van der Waals surface area contributed by atoms with Crippen molar-refractivity contribution in [3.05, 3.63) is 12.2 Å². The fourth-order valence-electron chi connectivity index (χ4n) is 4.81. The van der Waals surface area contributed by atoms with E-state index in [9.17, 15) is 4.79 Å². The number of rotatable bonds is 1. The number of allylic oxidation sites excluding steroid dienone is 1. The van der Waals surface area contributed by atoms with Crippen LogP contribution in [0.2, 0.25) is 0 Å². The molecule has 1 nitrogen and oxygen atoms in total. The molecule has 0 aromatic carbocycles. The van der Waals surface area contributed by atoms with Gasteiger partial charge in [-0.3, -0.25) is 4.79 Å². The van der Waals surface area contributed by atoms with Crippen LogP contribution in [0.4, 0.5) is 0 Å². The minimum Gasteiger partial charge on any atom is -0.295 e. The first-order valence-corrected chi connectivity index (χ1v) is 8.66. The van der Waals surface area contributed by atoms with Gasteiger partial charge in [0.25, 0.3) is 0 Å². The van der Waals surface area contributed by atoms with Crippen molar-refractivity contribution in [2.45, 2.75) is 78.6 Å². The van der Waals surface area contributed by atoms with Crippen LogP contribution in [0.5, 0.6) is 0 Å². The Morgan fingerprint density at radius 2 is 1.90 bits per heavy atom. The summed E-state index contributed by atoms with van der Waals surface area (Å²) in [4.78, 5) is 12.0. The zero-order chi connectivity index (χ0) is 14.8. The monoisotopic (exact) mass is 276 g/mol. The van der Waals surface area contributed by atoms with Crippen LogP contribution in [0.1, 0.15) is 78.6 Å². The van der Waals surface area contributed by atoms with Crippen LogP contribution in [0, 0.1) is 23.2 Å². The zero-order valence-corrected chi connectivity index (χ0v) is 13.7. The molecule has 0 aliphatic heterocycles. The summed E-state index contributed by atoms with van der Waals surface area (Å²) in [5, 5.41) is 0. The molecule has 0 aromatic heterocycles. The maximum Gasteiger partial charge on any atom is 0.158 e. The van der Waals surface area contributed by atoms with Gasteiger partial charge in [-0.2, -0.15) is 0 Å². The summed E-state index contributed by atoms with van der Waals surface area (Å²) in [6, 6.07) is 0. The van der Waals surface area contributed by atoms with Crippen LogP contribution < -0.4 is 0 Å². The first-order valence-electron chi connectivity index (χ1n) is 8.66. The Morgan fingerprint density at radius 3 is 2.60 bits per heavy atom. The quantitative estimate of drug-likeness (QED) is 0.574. The lowest BCUT2D eigenvalue weighted by Crippen LogP contribution is -2.39. The molecular weight excluding hydrogens is 244 g/mol. The minimum absolute atomic E-state index is 0.326. The van der Waals surface area contributed by atoms with Crippen molar-refractivity contribution in [1.29, 1.82) is 0 Å². The van der Waals surface area contributed by atoms with Gasteiger partial charge < -0.3 is 0 Å². The molecule has 0 saturated heterocycles. The third-order valence-corrected chi connectivity index (χ3v) is 6.14. The van der Waals surface area contributed by atoms with E-state index >= 15 is 0 Å². The Kier molecular flexibility index (Phi) is 5.09. The molecule has 0 bridgehead atoms. The standard InChI is InChI=1S/C19H32O/c1-5-15-12-11-14(2)18(20)10-6-9-17-16(15)8-7-13-19(17,3)4/h15-17H,2,5-13H2,1,3-4H3. The molecule has 0 spiro atoms. The van der Waals surface area contributed by atoms with Crippen molar-refractivity contribution in [2.75, 3.05) is 0 Å². The van der Waals surface area contributed by atoms with Crippen molar-refractivity contribution < 1.29 is 4.79 Å². The number of hydrogen-bond donors (Lipinski definition) is 0. The number of carbonyl (C=O) groups excluding carboxylic acids is 1. The van der Waals surface area contributed by atoms with Gasteiger partial charge in [-0.25, -0.2) is 0 Å². The lowest BCUT2D eigenvalue weighted by molar-refractivity contribution is -0.116. The van der Waals surface area contributed by atoms with Gasteiger partial charge in [-0.05, 0) is 67.3 Å². The minimum atomic E-state index is 0.326. The van der Waals surface area contributed by atoms with Gasteiger partial charge in [-0.1, -0.05) is 40.2 Å². The third kappa shape index (κ3) is 3.35. The molecule has 0 aromatic rings. The Labute approximate surface area is 125 Å². The van der Waals surface area contributed by atoms with Crippen LogP contribution in [0.25, 0.3) is 0 Å². The lowest BCUT2D eigenvalue weighted by Gasteiger charge is -2.48. The highest BCUT2D eigenvalue weighted by Crippen LogP contribution is 2.50. The van der Waals surface area contributed by atoms with Gasteiger partial charge in [0.15, 0.2) is 5.78 Å². The molecule has 2 rings (SSSR count). The summed E-state index contributed by atoms with van der Waals surface area (Å²) >= 11 is 0. The van der Waals surface area contributed by atoms with E-state index in [0.29, 0.717) is 11.2 Å². The largest absolute Gasteiger partial charge is 0.295 e. The van der Waals surface area contributed by atoms with Crippen LogP contribution in [0.3, 0.4) is 0 Å². The van der Waals surface area contributed by atoms with Gasteiger partial charge in [0, 0.05) is 6.42 Å². The second-order valence-corrected chi connectivity index (χ2v) is 7.78. The van der Waals surface area contributed by atoms with E-state index in [-0.39, 0.29) is 0 Å². The summed E-state index contributed by atoms with van der Waals surface area (Å²) < 4.78 is 0. The van der Waals surface area contributed by atoms with Gasteiger partial charge in [0.1, 0.15) is 0 Å². The van der Waals surface area contributed by atoms with E-state index in [1.807, 2.05) is 0 Å².